The van der Waals surface area contributed by atoms with E-state index < -0.39 is 11.2 Å². The van der Waals surface area contributed by atoms with E-state index in [0.29, 0.717) is 38.5 Å². The molecule has 2 aliphatic rings. The number of carbonyl (C=O) groups excluding carboxylic acids is 1. The van der Waals surface area contributed by atoms with Gasteiger partial charge in [0.15, 0.2) is 0 Å². The Labute approximate surface area is 133 Å². The van der Waals surface area contributed by atoms with Crippen LogP contribution in [0, 0.1) is 0 Å². The van der Waals surface area contributed by atoms with Gasteiger partial charge in [0.2, 0.25) is 0 Å². The number of ether oxygens (including phenoxy) is 1. The van der Waals surface area contributed by atoms with E-state index in [4.69, 9.17) is 4.74 Å². The van der Waals surface area contributed by atoms with Gasteiger partial charge in [0.1, 0.15) is 5.60 Å². The molecule has 2 heterocycles. The molecule has 1 amide bonds. The van der Waals surface area contributed by atoms with Crippen LogP contribution >= 0.6 is 0 Å². The first kappa shape index (κ1) is 17.5. The lowest BCUT2D eigenvalue weighted by atomic mass is 9.90. The Morgan fingerprint density at radius 1 is 1.36 bits per heavy atom. The van der Waals surface area contributed by atoms with Gasteiger partial charge in [-0.05, 0) is 40.2 Å². The first-order valence-corrected chi connectivity index (χ1v) is 8.37. The molecule has 0 aliphatic carbocycles. The van der Waals surface area contributed by atoms with Gasteiger partial charge >= 0.3 is 6.09 Å². The molecule has 0 aromatic rings. The quantitative estimate of drug-likeness (QED) is 0.812. The summed E-state index contributed by atoms with van der Waals surface area (Å²) < 4.78 is 5.40. The number of rotatable bonds is 4. The highest BCUT2D eigenvalue weighted by Crippen LogP contribution is 2.25. The number of piperidine rings is 1. The van der Waals surface area contributed by atoms with E-state index in [1.54, 1.807) is 4.90 Å². The Hall–Kier alpha value is -0.850. The zero-order valence-corrected chi connectivity index (χ0v) is 14.4. The molecular formula is C16H31N3O3. The van der Waals surface area contributed by atoms with Gasteiger partial charge in [-0.15, -0.1) is 0 Å². The van der Waals surface area contributed by atoms with Crippen LogP contribution in [0.4, 0.5) is 4.79 Å². The molecule has 2 rings (SSSR count). The molecule has 0 saturated carbocycles. The summed E-state index contributed by atoms with van der Waals surface area (Å²) in [5, 5.41) is 14.1. The number of likely N-dealkylation sites (tertiary alicyclic amines) is 1. The normalized spacial score (nSPS) is 22.5. The Morgan fingerprint density at radius 3 is 2.36 bits per heavy atom. The van der Waals surface area contributed by atoms with Crippen molar-refractivity contribution in [1.29, 1.82) is 0 Å². The molecule has 0 unspecified atom stereocenters. The van der Waals surface area contributed by atoms with E-state index in [1.165, 1.54) is 0 Å². The molecule has 2 aliphatic heterocycles. The van der Waals surface area contributed by atoms with E-state index in [2.05, 4.69) is 17.1 Å². The molecule has 0 spiro atoms. The number of carbonyl (C=O) groups is 1. The lowest BCUT2D eigenvalue weighted by Crippen LogP contribution is -2.61. The zero-order valence-electron chi connectivity index (χ0n) is 14.4. The zero-order chi connectivity index (χ0) is 16.4. The predicted molar refractivity (Wildman–Crippen MR) is 85.9 cm³/mol. The van der Waals surface area contributed by atoms with Gasteiger partial charge in [-0.1, -0.05) is 6.92 Å². The van der Waals surface area contributed by atoms with Crippen LogP contribution in [0.3, 0.4) is 0 Å². The van der Waals surface area contributed by atoms with Gasteiger partial charge in [0, 0.05) is 38.8 Å². The van der Waals surface area contributed by atoms with Gasteiger partial charge in [0.25, 0.3) is 0 Å². The fourth-order valence-corrected chi connectivity index (χ4v) is 3.00. The number of aliphatic hydroxyl groups is 1. The van der Waals surface area contributed by atoms with Crippen molar-refractivity contribution in [3.63, 3.8) is 0 Å². The number of hydrogen-bond acceptors (Lipinski definition) is 5. The highest BCUT2D eigenvalue weighted by molar-refractivity contribution is 5.68. The number of hydrogen-bond donors (Lipinski definition) is 2. The highest BCUT2D eigenvalue weighted by atomic mass is 16.6. The van der Waals surface area contributed by atoms with Gasteiger partial charge in [-0.2, -0.15) is 0 Å². The fraction of sp³-hybridized carbons (Fsp3) is 0.938. The number of nitrogens with one attached hydrogen (secondary N) is 1. The lowest BCUT2D eigenvalue weighted by molar-refractivity contribution is -0.0591. The summed E-state index contributed by atoms with van der Waals surface area (Å²) in [6.07, 6.45) is 0.955. The molecule has 22 heavy (non-hydrogen) atoms. The van der Waals surface area contributed by atoms with Gasteiger partial charge in [0.05, 0.1) is 5.60 Å². The van der Waals surface area contributed by atoms with Crippen molar-refractivity contribution in [2.75, 3.05) is 39.3 Å². The second kappa shape index (κ2) is 6.72. The summed E-state index contributed by atoms with van der Waals surface area (Å²) in [4.78, 5) is 16.1. The number of nitrogens with zero attached hydrogens (tertiary/aromatic N) is 2. The van der Waals surface area contributed by atoms with Crippen molar-refractivity contribution >= 4 is 6.09 Å². The maximum atomic E-state index is 12.1. The molecule has 2 fully saturated rings. The summed E-state index contributed by atoms with van der Waals surface area (Å²) in [5.41, 5.74) is -1.16. The third-order valence-electron chi connectivity index (χ3n) is 4.53. The minimum Gasteiger partial charge on any atom is -0.444 e. The SMILES string of the molecule is CCN(CC1(O)CCN(C(=O)OC(C)(C)C)CC1)C1CNC1. The average molecular weight is 313 g/mol. The van der Waals surface area contributed by atoms with E-state index in [0.717, 1.165) is 19.6 Å². The molecule has 0 atom stereocenters. The van der Waals surface area contributed by atoms with Crippen LogP contribution in [0.25, 0.3) is 0 Å². The minimum atomic E-state index is -0.690. The molecule has 0 radical (unpaired) electrons. The first-order valence-electron chi connectivity index (χ1n) is 8.37. The molecular weight excluding hydrogens is 282 g/mol. The highest BCUT2D eigenvalue weighted by Gasteiger charge is 2.38. The topological polar surface area (TPSA) is 65.0 Å². The smallest absolute Gasteiger partial charge is 0.410 e. The van der Waals surface area contributed by atoms with Crippen LogP contribution in [-0.4, -0.2) is 77.5 Å². The Kier molecular flexibility index (Phi) is 5.35. The molecule has 128 valence electrons. The van der Waals surface area contributed by atoms with Crippen molar-refractivity contribution in [2.45, 2.75) is 57.8 Å². The van der Waals surface area contributed by atoms with Gasteiger partial charge < -0.3 is 20.1 Å². The van der Waals surface area contributed by atoms with Crippen molar-refractivity contribution in [2.24, 2.45) is 0 Å². The second-order valence-corrected chi connectivity index (χ2v) is 7.57. The van der Waals surface area contributed by atoms with Crippen LogP contribution in [0.2, 0.25) is 0 Å². The molecule has 6 nitrogen and oxygen atoms in total. The largest absolute Gasteiger partial charge is 0.444 e. The summed E-state index contributed by atoms with van der Waals surface area (Å²) in [6, 6.07) is 0.540. The van der Waals surface area contributed by atoms with E-state index in [1.807, 2.05) is 20.8 Å². The van der Waals surface area contributed by atoms with Gasteiger partial charge in [-0.25, -0.2) is 4.79 Å². The van der Waals surface area contributed by atoms with E-state index >= 15 is 0 Å². The van der Waals surface area contributed by atoms with Crippen molar-refractivity contribution in [3.05, 3.63) is 0 Å². The van der Waals surface area contributed by atoms with Crippen LogP contribution in [-0.2, 0) is 4.74 Å². The summed E-state index contributed by atoms with van der Waals surface area (Å²) in [5.74, 6) is 0. The second-order valence-electron chi connectivity index (χ2n) is 7.57. The standard InChI is InChI=1S/C16H31N3O3/c1-5-18(13-10-17-11-13)12-16(21)6-8-19(9-7-16)14(20)22-15(2,3)4/h13,17,21H,5-12H2,1-4H3. The van der Waals surface area contributed by atoms with Gasteiger partial charge in [-0.3, -0.25) is 4.90 Å². The van der Waals surface area contributed by atoms with Crippen molar-refractivity contribution in [3.8, 4) is 0 Å². The van der Waals surface area contributed by atoms with Crippen molar-refractivity contribution in [1.82, 2.24) is 15.1 Å². The maximum Gasteiger partial charge on any atom is 0.410 e. The Bertz CT molecular complexity index is 383. The molecule has 6 heteroatoms. The average Bonchev–Trinajstić information content (AvgIpc) is 2.34. The lowest BCUT2D eigenvalue weighted by Gasteiger charge is -2.45. The molecule has 2 N–H and O–H groups in total. The summed E-state index contributed by atoms with van der Waals surface area (Å²) >= 11 is 0. The maximum absolute atomic E-state index is 12.1. The fourth-order valence-electron chi connectivity index (χ4n) is 3.00. The predicted octanol–water partition coefficient (Wildman–Crippen LogP) is 1.04. The van der Waals surface area contributed by atoms with Crippen LogP contribution < -0.4 is 5.32 Å². The molecule has 0 aromatic carbocycles. The third-order valence-corrected chi connectivity index (χ3v) is 4.53. The first-order chi connectivity index (χ1) is 10.2. The molecule has 0 aromatic heterocycles. The summed E-state index contributed by atoms with van der Waals surface area (Å²) in [7, 11) is 0. The number of likely N-dealkylation sites (N-methyl/N-ethyl adjacent to an activating group) is 1. The molecule has 0 bridgehead atoms. The number of amides is 1. The van der Waals surface area contributed by atoms with Crippen LogP contribution in [0.1, 0.15) is 40.5 Å². The van der Waals surface area contributed by atoms with Crippen LogP contribution in [0.15, 0.2) is 0 Å². The van der Waals surface area contributed by atoms with E-state index in [-0.39, 0.29) is 6.09 Å². The Morgan fingerprint density at radius 2 is 1.95 bits per heavy atom. The van der Waals surface area contributed by atoms with E-state index in [9.17, 15) is 9.90 Å². The summed E-state index contributed by atoms with van der Waals surface area (Å²) in [6.45, 7) is 12.5. The molecule has 2 saturated heterocycles. The Balaban J connectivity index is 1.83. The monoisotopic (exact) mass is 313 g/mol. The minimum absolute atomic E-state index is 0.273. The van der Waals surface area contributed by atoms with Crippen LogP contribution in [0.5, 0.6) is 0 Å². The van der Waals surface area contributed by atoms with Crippen molar-refractivity contribution < 1.29 is 14.6 Å². The third kappa shape index (κ3) is 4.57.